The second kappa shape index (κ2) is 6.59. The van der Waals surface area contributed by atoms with Gasteiger partial charge in [0.1, 0.15) is 12.4 Å². The molecule has 7 nitrogen and oxygen atoms in total. The molecule has 1 fully saturated rings. The third kappa shape index (κ3) is 3.00. The summed E-state index contributed by atoms with van der Waals surface area (Å²) in [5.74, 6) is 1.89. The molecule has 3 aromatic rings. The van der Waals surface area contributed by atoms with E-state index < -0.39 is 0 Å². The van der Waals surface area contributed by atoms with Crippen LogP contribution in [0.15, 0.2) is 53.5 Å². The van der Waals surface area contributed by atoms with Crippen LogP contribution in [-0.4, -0.2) is 34.8 Å². The average molecular weight is 363 g/mol. The lowest BCUT2D eigenvalue weighted by atomic mass is 10.1. The van der Waals surface area contributed by atoms with E-state index in [1.807, 2.05) is 48.5 Å². The summed E-state index contributed by atoms with van der Waals surface area (Å²) in [6.07, 6.45) is 2.13. The van der Waals surface area contributed by atoms with Crippen LogP contribution < -0.4 is 15.8 Å². The number of anilines is 1. The van der Waals surface area contributed by atoms with Crippen LogP contribution in [-0.2, 0) is 4.74 Å². The predicted molar refractivity (Wildman–Crippen MR) is 104 cm³/mol. The SMILES string of the molecule is NC1=N[C@@H](c2ccc(OC[C@@H]3CCCO3)cc2)n2c(nc3ccccc32)N1. The summed E-state index contributed by atoms with van der Waals surface area (Å²) in [5, 5.41) is 3.05. The van der Waals surface area contributed by atoms with Gasteiger partial charge in [0, 0.05) is 6.61 Å². The number of aliphatic imine (C=N–C) groups is 1. The summed E-state index contributed by atoms with van der Waals surface area (Å²) in [7, 11) is 0. The number of imidazole rings is 1. The van der Waals surface area contributed by atoms with E-state index in [1.54, 1.807) is 0 Å². The Morgan fingerprint density at radius 1 is 1.19 bits per heavy atom. The number of nitrogens with two attached hydrogens (primary N) is 1. The third-order valence-corrected chi connectivity index (χ3v) is 4.98. The lowest BCUT2D eigenvalue weighted by molar-refractivity contribution is 0.0679. The first-order chi connectivity index (χ1) is 13.3. The average Bonchev–Trinajstić information content (AvgIpc) is 3.33. The highest BCUT2D eigenvalue weighted by Crippen LogP contribution is 2.32. The Hall–Kier alpha value is -3.06. The first-order valence-corrected chi connectivity index (χ1v) is 9.19. The van der Waals surface area contributed by atoms with E-state index in [2.05, 4.69) is 19.9 Å². The molecule has 1 aromatic heterocycles. The van der Waals surface area contributed by atoms with Gasteiger partial charge >= 0.3 is 0 Å². The number of guanidine groups is 1. The number of ether oxygens (including phenoxy) is 2. The molecule has 0 aliphatic carbocycles. The maximum absolute atomic E-state index is 5.99. The molecule has 0 bridgehead atoms. The molecule has 0 spiro atoms. The molecule has 2 aliphatic rings. The predicted octanol–water partition coefficient (Wildman–Crippen LogP) is 2.88. The second-order valence-electron chi connectivity index (χ2n) is 6.82. The van der Waals surface area contributed by atoms with E-state index in [0.717, 1.165) is 41.8 Å². The zero-order chi connectivity index (χ0) is 18.2. The minimum absolute atomic E-state index is 0.207. The van der Waals surface area contributed by atoms with E-state index >= 15 is 0 Å². The van der Waals surface area contributed by atoms with Crippen molar-refractivity contribution in [1.82, 2.24) is 9.55 Å². The Kier molecular flexibility index (Phi) is 3.94. The van der Waals surface area contributed by atoms with Crippen LogP contribution in [0.1, 0.15) is 24.6 Å². The highest BCUT2D eigenvalue weighted by atomic mass is 16.5. The van der Waals surface area contributed by atoms with Crippen LogP contribution >= 0.6 is 0 Å². The van der Waals surface area contributed by atoms with Crippen molar-refractivity contribution in [2.45, 2.75) is 25.1 Å². The van der Waals surface area contributed by atoms with E-state index in [-0.39, 0.29) is 12.3 Å². The number of aromatic nitrogens is 2. The molecule has 1 saturated heterocycles. The van der Waals surface area contributed by atoms with E-state index in [9.17, 15) is 0 Å². The lowest BCUT2D eigenvalue weighted by Crippen LogP contribution is -2.31. The fraction of sp³-hybridized carbons (Fsp3) is 0.300. The van der Waals surface area contributed by atoms with E-state index in [0.29, 0.717) is 18.5 Å². The van der Waals surface area contributed by atoms with Crippen LogP contribution in [0.4, 0.5) is 5.95 Å². The molecule has 27 heavy (non-hydrogen) atoms. The van der Waals surface area contributed by atoms with Gasteiger partial charge in [0.2, 0.25) is 5.95 Å². The summed E-state index contributed by atoms with van der Waals surface area (Å²) < 4.78 is 13.5. The number of hydrogen-bond donors (Lipinski definition) is 2. The number of nitrogens with one attached hydrogen (secondary N) is 1. The van der Waals surface area contributed by atoms with Crippen molar-refractivity contribution in [3.05, 3.63) is 54.1 Å². The molecule has 5 rings (SSSR count). The van der Waals surface area contributed by atoms with Crippen LogP contribution in [0.2, 0.25) is 0 Å². The van der Waals surface area contributed by atoms with Crippen LogP contribution in [0, 0.1) is 0 Å². The molecular formula is C20H21N5O2. The standard InChI is InChI=1S/C20H21N5O2/c21-19-23-18(25-17-6-2-1-5-16(17)22-20(25)24-19)13-7-9-14(10-8-13)27-12-15-4-3-11-26-15/h1-2,5-10,15,18H,3-4,11-12H2,(H3,21,22,23,24)/t15-,18+/m0/s1. The first-order valence-electron chi connectivity index (χ1n) is 9.19. The molecule has 2 aromatic carbocycles. The summed E-state index contributed by atoms with van der Waals surface area (Å²) in [6, 6.07) is 16.0. The Labute approximate surface area is 156 Å². The Balaban J connectivity index is 1.43. The number of fused-ring (bicyclic) bond motifs is 3. The largest absolute Gasteiger partial charge is 0.491 e. The maximum Gasteiger partial charge on any atom is 0.212 e. The van der Waals surface area contributed by atoms with Gasteiger partial charge in [-0.25, -0.2) is 9.98 Å². The number of para-hydroxylation sites is 2. The van der Waals surface area contributed by atoms with Gasteiger partial charge in [0.05, 0.1) is 17.1 Å². The third-order valence-electron chi connectivity index (χ3n) is 4.98. The fourth-order valence-electron chi connectivity index (χ4n) is 3.64. The topological polar surface area (TPSA) is 86.7 Å². The van der Waals surface area contributed by atoms with Crippen molar-refractivity contribution in [3.63, 3.8) is 0 Å². The molecule has 7 heteroatoms. The Bertz CT molecular complexity index is 989. The van der Waals surface area contributed by atoms with Gasteiger partial charge in [-0.1, -0.05) is 24.3 Å². The first kappa shape index (κ1) is 16.1. The summed E-state index contributed by atoms with van der Waals surface area (Å²) in [5.41, 5.74) is 8.94. The van der Waals surface area contributed by atoms with Gasteiger partial charge in [-0.3, -0.25) is 9.88 Å². The highest BCUT2D eigenvalue weighted by molar-refractivity contribution is 5.94. The zero-order valence-electron chi connectivity index (χ0n) is 14.8. The van der Waals surface area contributed by atoms with Gasteiger partial charge in [0.15, 0.2) is 12.1 Å². The molecule has 2 atom stereocenters. The molecule has 3 heterocycles. The van der Waals surface area contributed by atoms with Crippen LogP contribution in [0.25, 0.3) is 11.0 Å². The monoisotopic (exact) mass is 363 g/mol. The normalized spacial score (nSPS) is 21.6. The Morgan fingerprint density at radius 3 is 2.85 bits per heavy atom. The van der Waals surface area contributed by atoms with E-state index in [4.69, 9.17) is 15.2 Å². The van der Waals surface area contributed by atoms with Gasteiger partial charge in [-0.15, -0.1) is 0 Å². The summed E-state index contributed by atoms with van der Waals surface area (Å²) >= 11 is 0. The van der Waals surface area contributed by atoms with E-state index in [1.165, 1.54) is 0 Å². The van der Waals surface area contributed by atoms with Crippen molar-refractivity contribution in [2.24, 2.45) is 10.7 Å². The van der Waals surface area contributed by atoms with Crippen molar-refractivity contribution in [3.8, 4) is 5.75 Å². The Morgan fingerprint density at radius 2 is 2.04 bits per heavy atom. The second-order valence-corrected chi connectivity index (χ2v) is 6.82. The van der Waals surface area contributed by atoms with Gasteiger partial charge in [-0.05, 0) is 42.7 Å². The highest BCUT2D eigenvalue weighted by Gasteiger charge is 2.25. The summed E-state index contributed by atoms with van der Waals surface area (Å²) in [4.78, 5) is 9.22. The molecule has 0 amide bonds. The fourth-order valence-corrected chi connectivity index (χ4v) is 3.64. The molecule has 0 unspecified atom stereocenters. The molecule has 138 valence electrons. The molecule has 2 aliphatic heterocycles. The summed E-state index contributed by atoms with van der Waals surface area (Å²) in [6.45, 7) is 1.43. The minimum Gasteiger partial charge on any atom is -0.491 e. The van der Waals surface area contributed by atoms with Crippen LogP contribution in [0.3, 0.4) is 0 Å². The lowest BCUT2D eigenvalue weighted by Gasteiger charge is -2.24. The smallest absolute Gasteiger partial charge is 0.212 e. The van der Waals surface area contributed by atoms with Crippen molar-refractivity contribution < 1.29 is 9.47 Å². The number of rotatable bonds is 4. The molecule has 0 radical (unpaired) electrons. The van der Waals surface area contributed by atoms with Crippen molar-refractivity contribution in [1.29, 1.82) is 0 Å². The maximum atomic E-state index is 5.99. The number of benzene rings is 2. The van der Waals surface area contributed by atoms with Crippen molar-refractivity contribution in [2.75, 3.05) is 18.5 Å². The molecule has 3 N–H and O–H groups in total. The van der Waals surface area contributed by atoms with Gasteiger partial charge in [-0.2, -0.15) is 0 Å². The molecule has 0 saturated carbocycles. The molecular weight excluding hydrogens is 342 g/mol. The quantitative estimate of drug-likeness (QED) is 0.744. The minimum atomic E-state index is -0.263. The van der Waals surface area contributed by atoms with Gasteiger partial charge < -0.3 is 15.2 Å². The van der Waals surface area contributed by atoms with Gasteiger partial charge in [0.25, 0.3) is 0 Å². The number of nitrogens with zero attached hydrogens (tertiary/aromatic N) is 3. The van der Waals surface area contributed by atoms with Crippen LogP contribution in [0.5, 0.6) is 5.75 Å². The zero-order valence-corrected chi connectivity index (χ0v) is 14.8. The van der Waals surface area contributed by atoms with Crippen molar-refractivity contribution >= 4 is 22.9 Å². The number of hydrogen-bond acceptors (Lipinski definition) is 6.